The molecular formula is C15H21N3. The average Bonchev–Trinajstić information content (AvgIpc) is 3.18. The van der Waals surface area contributed by atoms with Crippen molar-refractivity contribution in [1.82, 2.24) is 9.91 Å². The summed E-state index contributed by atoms with van der Waals surface area (Å²) in [6, 6.07) is 8.91. The lowest BCUT2D eigenvalue weighted by molar-refractivity contribution is 0.0674. The molecule has 3 aliphatic heterocycles. The molecule has 3 heteroatoms. The summed E-state index contributed by atoms with van der Waals surface area (Å²) in [5.74, 6) is 0. The maximum absolute atomic E-state index is 2.64. The maximum atomic E-state index is 2.64. The lowest BCUT2D eigenvalue weighted by Crippen LogP contribution is -2.53. The second-order valence-corrected chi connectivity index (χ2v) is 5.68. The molecule has 0 aliphatic carbocycles. The van der Waals surface area contributed by atoms with Gasteiger partial charge in [-0.3, -0.25) is 4.90 Å². The molecule has 0 radical (unpaired) electrons. The minimum absolute atomic E-state index is 0.671. The summed E-state index contributed by atoms with van der Waals surface area (Å²) < 4.78 is 0. The fourth-order valence-electron chi connectivity index (χ4n) is 3.49. The van der Waals surface area contributed by atoms with Gasteiger partial charge < -0.3 is 5.01 Å². The minimum atomic E-state index is 0.671. The molecule has 2 saturated heterocycles. The van der Waals surface area contributed by atoms with E-state index in [0.29, 0.717) is 6.17 Å². The van der Waals surface area contributed by atoms with Gasteiger partial charge in [-0.25, -0.2) is 5.01 Å². The van der Waals surface area contributed by atoms with Crippen LogP contribution in [0.4, 0.5) is 5.69 Å². The van der Waals surface area contributed by atoms with Gasteiger partial charge in [-0.2, -0.15) is 0 Å². The lowest BCUT2D eigenvalue weighted by atomic mass is 10.1. The van der Waals surface area contributed by atoms with Gasteiger partial charge in [-0.15, -0.1) is 0 Å². The van der Waals surface area contributed by atoms with Gasteiger partial charge in [0.05, 0.1) is 11.9 Å². The topological polar surface area (TPSA) is 9.49 Å². The number of para-hydroxylation sites is 1. The Kier molecular flexibility index (Phi) is 2.55. The van der Waals surface area contributed by atoms with E-state index in [9.17, 15) is 0 Å². The van der Waals surface area contributed by atoms with Crippen LogP contribution in [0.3, 0.4) is 0 Å². The van der Waals surface area contributed by atoms with E-state index in [-0.39, 0.29) is 0 Å². The van der Waals surface area contributed by atoms with Gasteiger partial charge >= 0.3 is 0 Å². The molecule has 0 bridgehead atoms. The first-order valence-electron chi connectivity index (χ1n) is 7.29. The fraction of sp³-hybridized carbons (Fsp3) is 0.600. The van der Waals surface area contributed by atoms with Crippen molar-refractivity contribution in [3.8, 4) is 0 Å². The number of fused-ring (bicyclic) bond motifs is 1. The van der Waals surface area contributed by atoms with Crippen LogP contribution < -0.4 is 5.01 Å². The molecule has 0 aromatic heterocycles. The molecule has 18 heavy (non-hydrogen) atoms. The SMILES string of the molecule is c1ccc2c(c1)CCN2N1CCCCC1N1CC1. The van der Waals surface area contributed by atoms with E-state index < -0.39 is 0 Å². The number of benzene rings is 1. The fourth-order valence-corrected chi connectivity index (χ4v) is 3.49. The van der Waals surface area contributed by atoms with Gasteiger partial charge in [0, 0.05) is 26.2 Å². The predicted molar refractivity (Wildman–Crippen MR) is 73.4 cm³/mol. The molecule has 3 heterocycles. The smallest absolute Gasteiger partial charge is 0.0809 e. The summed E-state index contributed by atoms with van der Waals surface area (Å²) in [7, 11) is 0. The van der Waals surface area contributed by atoms with Gasteiger partial charge in [0.25, 0.3) is 0 Å². The molecule has 3 nitrogen and oxygen atoms in total. The molecule has 1 atom stereocenters. The van der Waals surface area contributed by atoms with Crippen LogP contribution in [-0.2, 0) is 6.42 Å². The summed E-state index contributed by atoms with van der Waals surface area (Å²) in [5, 5.41) is 5.19. The zero-order chi connectivity index (χ0) is 11.9. The Morgan fingerprint density at radius 3 is 2.72 bits per heavy atom. The molecule has 2 fully saturated rings. The maximum Gasteiger partial charge on any atom is 0.0809 e. The quantitative estimate of drug-likeness (QED) is 0.736. The van der Waals surface area contributed by atoms with Crippen LogP contribution >= 0.6 is 0 Å². The monoisotopic (exact) mass is 243 g/mol. The summed E-state index contributed by atoms with van der Waals surface area (Å²) in [6.45, 7) is 5.01. The van der Waals surface area contributed by atoms with Crippen LogP contribution in [-0.4, -0.2) is 42.3 Å². The van der Waals surface area contributed by atoms with E-state index in [0.717, 1.165) is 0 Å². The first-order valence-corrected chi connectivity index (χ1v) is 7.29. The Morgan fingerprint density at radius 1 is 0.944 bits per heavy atom. The highest BCUT2D eigenvalue weighted by atomic mass is 15.7. The van der Waals surface area contributed by atoms with Crippen molar-refractivity contribution in [2.45, 2.75) is 31.8 Å². The van der Waals surface area contributed by atoms with Crippen molar-refractivity contribution >= 4 is 5.69 Å². The van der Waals surface area contributed by atoms with E-state index in [1.165, 1.54) is 63.1 Å². The molecule has 0 saturated carbocycles. The number of hydrogen-bond donors (Lipinski definition) is 0. The van der Waals surface area contributed by atoms with E-state index in [1.54, 1.807) is 0 Å². The molecular weight excluding hydrogens is 222 g/mol. The number of rotatable bonds is 2. The van der Waals surface area contributed by atoms with Gasteiger partial charge in [-0.05, 0) is 37.3 Å². The highest BCUT2D eigenvalue weighted by Gasteiger charge is 2.38. The first-order chi connectivity index (χ1) is 8.93. The lowest BCUT2D eigenvalue weighted by Gasteiger charge is -2.43. The number of hydrazine groups is 1. The standard InChI is InChI=1S/C15H21N3/c1-2-6-14-13(5-1)8-10-17(14)18-9-4-3-7-15(18)16-11-12-16/h1-2,5-6,15H,3-4,7-12H2. The van der Waals surface area contributed by atoms with Crippen LogP contribution in [0.15, 0.2) is 24.3 Å². The van der Waals surface area contributed by atoms with E-state index in [4.69, 9.17) is 0 Å². The Labute approximate surface area is 109 Å². The second-order valence-electron chi connectivity index (χ2n) is 5.68. The average molecular weight is 243 g/mol. The summed E-state index contributed by atoms with van der Waals surface area (Å²) in [5.41, 5.74) is 2.97. The van der Waals surface area contributed by atoms with E-state index in [2.05, 4.69) is 39.2 Å². The van der Waals surface area contributed by atoms with Crippen molar-refractivity contribution in [3.05, 3.63) is 29.8 Å². The third-order valence-corrected chi connectivity index (χ3v) is 4.52. The molecule has 96 valence electrons. The molecule has 3 aliphatic rings. The van der Waals surface area contributed by atoms with Crippen molar-refractivity contribution in [2.75, 3.05) is 31.2 Å². The van der Waals surface area contributed by atoms with Gasteiger partial charge in [0.15, 0.2) is 0 Å². The van der Waals surface area contributed by atoms with Crippen LogP contribution in [0.5, 0.6) is 0 Å². The van der Waals surface area contributed by atoms with Crippen molar-refractivity contribution in [3.63, 3.8) is 0 Å². The number of anilines is 1. The number of nitrogens with zero attached hydrogens (tertiary/aromatic N) is 3. The van der Waals surface area contributed by atoms with Gasteiger partial charge in [0.2, 0.25) is 0 Å². The van der Waals surface area contributed by atoms with Crippen molar-refractivity contribution in [2.24, 2.45) is 0 Å². The van der Waals surface area contributed by atoms with Crippen molar-refractivity contribution in [1.29, 1.82) is 0 Å². The molecule has 4 rings (SSSR count). The molecule has 1 unspecified atom stereocenters. The van der Waals surface area contributed by atoms with Crippen LogP contribution in [0.2, 0.25) is 0 Å². The second kappa shape index (κ2) is 4.25. The summed E-state index contributed by atoms with van der Waals surface area (Å²) in [6.07, 6.45) is 5.97. The largest absolute Gasteiger partial charge is 0.304 e. The molecule has 0 spiro atoms. The third kappa shape index (κ3) is 1.73. The zero-order valence-electron chi connectivity index (χ0n) is 10.9. The number of hydrogen-bond acceptors (Lipinski definition) is 3. The normalized spacial score (nSPS) is 28.4. The molecule has 1 aromatic carbocycles. The summed E-state index contributed by atoms with van der Waals surface area (Å²) in [4.78, 5) is 2.61. The predicted octanol–water partition coefficient (Wildman–Crippen LogP) is 2.09. The summed E-state index contributed by atoms with van der Waals surface area (Å²) >= 11 is 0. The highest BCUT2D eigenvalue weighted by molar-refractivity contribution is 5.57. The van der Waals surface area contributed by atoms with Crippen LogP contribution in [0.1, 0.15) is 24.8 Å². The molecule has 1 aromatic rings. The first kappa shape index (κ1) is 10.8. The van der Waals surface area contributed by atoms with Crippen LogP contribution in [0, 0.1) is 0 Å². The van der Waals surface area contributed by atoms with E-state index in [1.807, 2.05) is 0 Å². The minimum Gasteiger partial charge on any atom is -0.304 e. The van der Waals surface area contributed by atoms with Crippen molar-refractivity contribution < 1.29 is 0 Å². The Morgan fingerprint density at radius 2 is 1.83 bits per heavy atom. The van der Waals surface area contributed by atoms with Gasteiger partial charge in [0.1, 0.15) is 0 Å². The highest BCUT2D eigenvalue weighted by Crippen LogP contribution is 2.34. The Bertz CT molecular complexity index is 441. The van der Waals surface area contributed by atoms with Gasteiger partial charge in [-0.1, -0.05) is 18.2 Å². The van der Waals surface area contributed by atoms with Crippen LogP contribution in [0.25, 0.3) is 0 Å². The molecule has 0 N–H and O–H groups in total. The Balaban J connectivity index is 1.62. The van der Waals surface area contributed by atoms with E-state index >= 15 is 0 Å². The Hall–Kier alpha value is -1.06. The zero-order valence-corrected chi connectivity index (χ0v) is 10.9. The third-order valence-electron chi connectivity index (χ3n) is 4.52. The number of piperidine rings is 1. The molecule has 0 amide bonds.